The quantitative estimate of drug-likeness (QED) is 0.814. The van der Waals surface area contributed by atoms with E-state index in [0.717, 1.165) is 0 Å². The third-order valence-electron chi connectivity index (χ3n) is 3.77. The molecule has 7 nitrogen and oxygen atoms in total. The zero-order chi connectivity index (χ0) is 17.3. The van der Waals surface area contributed by atoms with Gasteiger partial charge in [-0.25, -0.2) is 0 Å². The molecule has 1 aliphatic heterocycles. The lowest BCUT2D eigenvalue weighted by molar-refractivity contribution is -0.122. The highest BCUT2D eigenvalue weighted by Crippen LogP contribution is 2.42. The van der Waals surface area contributed by atoms with Crippen LogP contribution in [0.1, 0.15) is 11.1 Å². The fraction of sp³-hybridized carbons (Fsp3) is 0.176. The lowest BCUT2D eigenvalue weighted by Crippen LogP contribution is -2.22. The molecule has 24 heavy (non-hydrogen) atoms. The van der Waals surface area contributed by atoms with Crippen LogP contribution in [-0.4, -0.2) is 38.1 Å². The van der Waals surface area contributed by atoms with Gasteiger partial charge in [0.2, 0.25) is 5.75 Å². The molecule has 1 aromatic carbocycles. The average molecular weight is 328 g/mol. The van der Waals surface area contributed by atoms with Crippen LogP contribution >= 0.6 is 0 Å². The maximum Gasteiger partial charge on any atom is 0.259 e. The molecule has 0 fully saturated rings. The van der Waals surface area contributed by atoms with Crippen LogP contribution in [0.25, 0.3) is 11.1 Å². The van der Waals surface area contributed by atoms with Crippen molar-refractivity contribution >= 4 is 23.0 Å². The van der Waals surface area contributed by atoms with E-state index in [-0.39, 0.29) is 5.57 Å². The average Bonchev–Trinajstić information content (AvgIpc) is 3.20. The number of hydrogen-bond acceptors (Lipinski definition) is 5. The van der Waals surface area contributed by atoms with E-state index in [0.29, 0.717) is 33.9 Å². The van der Waals surface area contributed by atoms with E-state index in [4.69, 9.17) is 14.2 Å². The fourth-order valence-electron chi connectivity index (χ4n) is 2.71. The number of carbonyl (C=O) groups is 2. The van der Waals surface area contributed by atoms with Gasteiger partial charge in [0.1, 0.15) is 0 Å². The largest absolute Gasteiger partial charge is 0.493 e. The molecule has 0 saturated heterocycles. The summed E-state index contributed by atoms with van der Waals surface area (Å²) in [5.74, 6) is 0.311. The standard InChI is InChI=1S/C17H16N2O5/c1-22-11-6-10(7-12(23-2)15(11)24-3)14-13(9-4-5-18-8-9)16(20)19-17(14)21/h4-8,18H,1-3H3,(H,19,20,21). The van der Waals surface area contributed by atoms with Gasteiger partial charge in [-0.2, -0.15) is 0 Å². The minimum Gasteiger partial charge on any atom is -0.493 e. The predicted molar refractivity (Wildman–Crippen MR) is 86.9 cm³/mol. The Morgan fingerprint density at radius 2 is 1.42 bits per heavy atom. The van der Waals surface area contributed by atoms with Crippen LogP contribution in [0.2, 0.25) is 0 Å². The molecule has 1 aliphatic rings. The van der Waals surface area contributed by atoms with Crippen LogP contribution in [-0.2, 0) is 9.59 Å². The van der Waals surface area contributed by atoms with Crippen LogP contribution in [0, 0.1) is 0 Å². The molecule has 0 unspecified atom stereocenters. The van der Waals surface area contributed by atoms with Crippen molar-refractivity contribution in [1.29, 1.82) is 0 Å². The molecule has 2 N–H and O–H groups in total. The Hall–Kier alpha value is -3.22. The highest BCUT2D eigenvalue weighted by atomic mass is 16.5. The molecule has 0 atom stereocenters. The number of methoxy groups -OCH3 is 3. The Morgan fingerprint density at radius 3 is 1.88 bits per heavy atom. The van der Waals surface area contributed by atoms with Gasteiger partial charge in [0.05, 0.1) is 32.5 Å². The number of amides is 2. The molecule has 2 heterocycles. The van der Waals surface area contributed by atoms with Crippen molar-refractivity contribution in [3.8, 4) is 17.2 Å². The molecule has 0 saturated carbocycles. The van der Waals surface area contributed by atoms with Gasteiger partial charge in [0, 0.05) is 18.0 Å². The van der Waals surface area contributed by atoms with Crippen molar-refractivity contribution in [1.82, 2.24) is 10.3 Å². The summed E-state index contributed by atoms with van der Waals surface area (Å²) < 4.78 is 15.9. The van der Waals surface area contributed by atoms with Gasteiger partial charge in [-0.3, -0.25) is 14.9 Å². The molecule has 0 aliphatic carbocycles. The first-order chi connectivity index (χ1) is 11.6. The Balaban J connectivity index is 2.26. The number of carbonyl (C=O) groups excluding carboxylic acids is 2. The second kappa shape index (κ2) is 6.11. The summed E-state index contributed by atoms with van der Waals surface area (Å²) >= 11 is 0. The van der Waals surface area contributed by atoms with Crippen LogP contribution in [0.5, 0.6) is 17.2 Å². The summed E-state index contributed by atoms with van der Waals surface area (Å²) in [4.78, 5) is 27.4. The van der Waals surface area contributed by atoms with E-state index in [1.165, 1.54) is 21.3 Å². The predicted octanol–water partition coefficient (Wildman–Crippen LogP) is 1.61. The number of ether oxygens (including phenoxy) is 3. The number of H-pyrrole nitrogens is 1. The van der Waals surface area contributed by atoms with Gasteiger partial charge >= 0.3 is 0 Å². The summed E-state index contributed by atoms with van der Waals surface area (Å²) in [5.41, 5.74) is 1.69. The monoisotopic (exact) mass is 328 g/mol. The molecule has 7 heteroatoms. The minimum absolute atomic E-state index is 0.263. The molecule has 0 radical (unpaired) electrons. The van der Waals surface area contributed by atoms with Gasteiger partial charge in [0.15, 0.2) is 11.5 Å². The molecule has 2 amide bonds. The van der Waals surface area contributed by atoms with E-state index < -0.39 is 11.8 Å². The van der Waals surface area contributed by atoms with E-state index in [9.17, 15) is 9.59 Å². The summed E-state index contributed by atoms with van der Waals surface area (Å²) in [6, 6.07) is 5.01. The van der Waals surface area contributed by atoms with Crippen LogP contribution in [0.3, 0.4) is 0 Å². The Kier molecular flexibility index (Phi) is 3.99. The third-order valence-corrected chi connectivity index (χ3v) is 3.77. The molecule has 1 aromatic heterocycles. The van der Waals surface area contributed by atoms with Crippen molar-refractivity contribution < 1.29 is 23.8 Å². The number of imide groups is 1. The highest BCUT2D eigenvalue weighted by molar-refractivity contribution is 6.49. The van der Waals surface area contributed by atoms with E-state index >= 15 is 0 Å². The summed E-state index contributed by atoms with van der Waals surface area (Å²) in [7, 11) is 4.47. The fourth-order valence-corrected chi connectivity index (χ4v) is 2.71. The second-order valence-electron chi connectivity index (χ2n) is 5.05. The number of rotatable bonds is 5. The maximum absolute atomic E-state index is 12.3. The summed E-state index contributed by atoms with van der Waals surface area (Å²) in [6.45, 7) is 0. The number of benzene rings is 1. The molecule has 0 spiro atoms. The topological polar surface area (TPSA) is 89.7 Å². The number of nitrogens with one attached hydrogen (secondary N) is 2. The van der Waals surface area contributed by atoms with Crippen molar-refractivity contribution in [2.45, 2.75) is 0 Å². The SMILES string of the molecule is COc1cc(C2=C(c3cc[nH]c3)C(=O)NC2=O)cc(OC)c1OC. The normalized spacial score (nSPS) is 14.0. The molecule has 2 aromatic rings. The molecule has 3 rings (SSSR count). The number of hydrogen-bond donors (Lipinski definition) is 2. The number of aromatic amines is 1. The lowest BCUT2D eigenvalue weighted by atomic mass is 9.97. The van der Waals surface area contributed by atoms with Gasteiger partial charge in [-0.1, -0.05) is 0 Å². The van der Waals surface area contributed by atoms with Gasteiger partial charge < -0.3 is 19.2 Å². The molecule has 124 valence electrons. The zero-order valence-corrected chi connectivity index (χ0v) is 13.4. The molecular formula is C17H16N2O5. The van der Waals surface area contributed by atoms with Crippen LogP contribution in [0.15, 0.2) is 30.6 Å². The Morgan fingerprint density at radius 1 is 0.833 bits per heavy atom. The smallest absolute Gasteiger partial charge is 0.259 e. The maximum atomic E-state index is 12.3. The molecular weight excluding hydrogens is 312 g/mol. The third kappa shape index (κ3) is 2.40. The van der Waals surface area contributed by atoms with E-state index in [1.807, 2.05) is 0 Å². The summed E-state index contributed by atoms with van der Waals surface area (Å²) in [5, 5.41) is 2.33. The minimum atomic E-state index is -0.467. The summed E-state index contributed by atoms with van der Waals surface area (Å²) in [6.07, 6.45) is 3.34. The second-order valence-corrected chi connectivity index (χ2v) is 5.05. The first kappa shape index (κ1) is 15.7. The number of aromatic nitrogens is 1. The van der Waals surface area contributed by atoms with Gasteiger partial charge in [-0.05, 0) is 23.8 Å². The Bertz CT molecular complexity index is 812. The zero-order valence-electron chi connectivity index (χ0n) is 13.4. The van der Waals surface area contributed by atoms with Crippen molar-refractivity contribution in [2.24, 2.45) is 0 Å². The first-order valence-corrected chi connectivity index (χ1v) is 7.14. The highest BCUT2D eigenvalue weighted by Gasteiger charge is 2.33. The van der Waals surface area contributed by atoms with Crippen molar-refractivity contribution in [2.75, 3.05) is 21.3 Å². The van der Waals surface area contributed by atoms with Crippen LogP contribution in [0.4, 0.5) is 0 Å². The Labute approximate surface area is 138 Å². The first-order valence-electron chi connectivity index (χ1n) is 7.14. The van der Waals surface area contributed by atoms with Crippen molar-refractivity contribution in [3.05, 3.63) is 41.7 Å². The van der Waals surface area contributed by atoms with Gasteiger partial charge in [-0.15, -0.1) is 0 Å². The van der Waals surface area contributed by atoms with E-state index in [1.54, 1.807) is 30.6 Å². The molecule has 0 bridgehead atoms. The lowest BCUT2D eigenvalue weighted by Gasteiger charge is -2.14. The van der Waals surface area contributed by atoms with Crippen LogP contribution < -0.4 is 19.5 Å². The van der Waals surface area contributed by atoms with Crippen molar-refractivity contribution in [3.63, 3.8) is 0 Å². The van der Waals surface area contributed by atoms with E-state index in [2.05, 4.69) is 10.3 Å². The van der Waals surface area contributed by atoms with Gasteiger partial charge in [0.25, 0.3) is 11.8 Å².